The maximum Gasteiger partial charge on any atom is 0.307 e. The zero-order valence-corrected chi connectivity index (χ0v) is 10.9. The van der Waals surface area contributed by atoms with Crippen molar-refractivity contribution in [1.29, 1.82) is 0 Å². The first kappa shape index (κ1) is 13.6. The van der Waals surface area contributed by atoms with Gasteiger partial charge in [0.25, 0.3) is 0 Å². The van der Waals surface area contributed by atoms with Gasteiger partial charge in [0.15, 0.2) is 0 Å². The number of hydrogen-bond donors (Lipinski definition) is 1. The number of carbonyl (C=O) groups excluding carboxylic acids is 1. The van der Waals surface area contributed by atoms with Gasteiger partial charge in [-0.3, -0.25) is 4.79 Å². The third-order valence-electron chi connectivity index (χ3n) is 2.26. The molecule has 17 heavy (non-hydrogen) atoms. The van der Waals surface area contributed by atoms with Crippen molar-refractivity contribution < 1.29 is 14.3 Å². The number of nitrogens with one attached hydrogen (secondary N) is 1. The molecule has 0 spiro atoms. The molecule has 0 fully saturated rings. The van der Waals surface area contributed by atoms with Gasteiger partial charge in [0.2, 0.25) is 0 Å². The van der Waals surface area contributed by atoms with E-state index in [9.17, 15) is 4.79 Å². The number of ether oxygens (including phenoxy) is 2. The number of anilines is 1. The van der Waals surface area contributed by atoms with Gasteiger partial charge < -0.3 is 14.8 Å². The summed E-state index contributed by atoms with van der Waals surface area (Å²) in [6.45, 7) is 1.90. The second-order valence-electron chi connectivity index (χ2n) is 3.67. The van der Waals surface area contributed by atoms with E-state index in [0.717, 1.165) is 5.69 Å². The number of benzene rings is 1. The summed E-state index contributed by atoms with van der Waals surface area (Å²) in [7, 11) is 2.93. The van der Waals surface area contributed by atoms with Crippen LogP contribution in [0.1, 0.15) is 13.3 Å². The SMILES string of the molecule is COC(=O)CC(C)Nc1ccc(Cl)c(OC)c1. The van der Waals surface area contributed by atoms with Crippen LogP contribution in [0.25, 0.3) is 0 Å². The summed E-state index contributed by atoms with van der Waals surface area (Å²) in [5.74, 6) is 0.355. The van der Waals surface area contributed by atoms with Crippen molar-refractivity contribution in [2.24, 2.45) is 0 Å². The van der Waals surface area contributed by atoms with E-state index in [0.29, 0.717) is 17.2 Å². The van der Waals surface area contributed by atoms with Gasteiger partial charge in [0.05, 0.1) is 25.7 Å². The molecule has 1 N–H and O–H groups in total. The van der Waals surface area contributed by atoms with Gasteiger partial charge >= 0.3 is 5.97 Å². The lowest BCUT2D eigenvalue weighted by Gasteiger charge is -2.15. The average Bonchev–Trinajstić information content (AvgIpc) is 2.31. The van der Waals surface area contributed by atoms with E-state index in [-0.39, 0.29) is 12.0 Å². The van der Waals surface area contributed by atoms with Gasteiger partial charge in [-0.1, -0.05) is 11.6 Å². The van der Waals surface area contributed by atoms with Crippen LogP contribution in [0.4, 0.5) is 5.69 Å². The molecular weight excluding hydrogens is 242 g/mol. The topological polar surface area (TPSA) is 47.6 Å². The standard InChI is InChI=1S/C12H16ClNO3/c1-8(6-12(15)17-3)14-9-4-5-10(13)11(7-9)16-2/h4-5,7-8,14H,6H2,1-3H3. The van der Waals surface area contributed by atoms with Crippen LogP contribution in [-0.2, 0) is 9.53 Å². The summed E-state index contributed by atoms with van der Waals surface area (Å²) in [5.41, 5.74) is 0.850. The third kappa shape index (κ3) is 4.15. The lowest BCUT2D eigenvalue weighted by Crippen LogP contribution is -2.20. The van der Waals surface area contributed by atoms with Crippen LogP contribution in [0.2, 0.25) is 5.02 Å². The molecule has 1 rings (SSSR count). The van der Waals surface area contributed by atoms with E-state index >= 15 is 0 Å². The van der Waals surface area contributed by atoms with E-state index in [2.05, 4.69) is 10.1 Å². The van der Waals surface area contributed by atoms with Gasteiger partial charge in [-0.15, -0.1) is 0 Å². The summed E-state index contributed by atoms with van der Waals surface area (Å²) in [4.78, 5) is 11.1. The highest BCUT2D eigenvalue weighted by Crippen LogP contribution is 2.27. The minimum atomic E-state index is -0.245. The average molecular weight is 258 g/mol. The van der Waals surface area contributed by atoms with Gasteiger partial charge in [0.1, 0.15) is 5.75 Å². The molecule has 0 radical (unpaired) electrons. The summed E-state index contributed by atoms with van der Waals surface area (Å²) >= 11 is 5.91. The lowest BCUT2D eigenvalue weighted by atomic mass is 10.2. The highest BCUT2D eigenvalue weighted by Gasteiger charge is 2.10. The third-order valence-corrected chi connectivity index (χ3v) is 2.58. The molecule has 94 valence electrons. The predicted molar refractivity (Wildman–Crippen MR) is 67.7 cm³/mol. The molecule has 0 aliphatic heterocycles. The maximum absolute atomic E-state index is 11.1. The highest BCUT2D eigenvalue weighted by atomic mass is 35.5. The second kappa shape index (κ2) is 6.35. The predicted octanol–water partition coefficient (Wildman–Crippen LogP) is 2.71. The van der Waals surface area contributed by atoms with Crippen LogP contribution in [0, 0.1) is 0 Å². The summed E-state index contributed by atoms with van der Waals surface area (Å²) < 4.78 is 9.70. The molecule has 0 amide bonds. The van der Waals surface area contributed by atoms with E-state index in [1.807, 2.05) is 13.0 Å². The molecule has 1 atom stereocenters. The van der Waals surface area contributed by atoms with Crippen molar-refractivity contribution in [3.63, 3.8) is 0 Å². The van der Waals surface area contributed by atoms with Gasteiger partial charge in [0, 0.05) is 17.8 Å². The Morgan fingerprint density at radius 3 is 2.76 bits per heavy atom. The fourth-order valence-corrected chi connectivity index (χ4v) is 1.61. The lowest BCUT2D eigenvalue weighted by molar-refractivity contribution is -0.140. The maximum atomic E-state index is 11.1. The summed E-state index contributed by atoms with van der Waals surface area (Å²) in [6, 6.07) is 5.34. The summed E-state index contributed by atoms with van der Waals surface area (Å²) in [5, 5.41) is 3.72. The summed E-state index contributed by atoms with van der Waals surface area (Å²) in [6.07, 6.45) is 0.307. The zero-order chi connectivity index (χ0) is 12.8. The fraction of sp³-hybridized carbons (Fsp3) is 0.417. The molecule has 0 saturated heterocycles. The van der Waals surface area contributed by atoms with Crippen LogP contribution >= 0.6 is 11.6 Å². The van der Waals surface area contributed by atoms with Crippen molar-refractivity contribution in [3.05, 3.63) is 23.2 Å². The Bertz CT molecular complexity index is 395. The van der Waals surface area contributed by atoms with E-state index in [1.165, 1.54) is 7.11 Å². The zero-order valence-electron chi connectivity index (χ0n) is 10.1. The Morgan fingerprint density at radius 2 is 2.18 bits per heavy atom. The minimum absolute atomic E-state index is 0.0201. The van der Waals surface area contributed by atoms with Gasteiger partial charge in [-0.2, -0.15) is 0 Å². The molecule has 0 aliphatic rings. The monoisotopic (exact) mass is 257 g/mol. The Hall–Kier alpha value is -1.42. The van der Waals surface area contributed by atoms with Crippen molar-refractivity contribution in [3.8, 4) is 5.75 Å². The molecule has 1 aromatic rings. The van der Waals surface area contributed by atoms with E-state index in [4.69, 9.17) is 16.3 Å². The first-order valence-corrected chi connectivity index (χ1v) is 5.61. The molecular formula is C12H16ClNO3. The van der Waals surface area contributed by atoms with Gasteiger partial charge in [-0.05, 0) is 19.1 Å². The first-order valence-electron chi connectivity index (χ1n) is 5.23. The van der Waals surface area contributed by atoms with Crippen LogP contribution in [-0.4, -0.2) is 26.2 Å². The molecule has 0 saturated carbocycles. The number of hydrogen-bond acceptors (Lipinski definition) is 4. The van der Waals surface area contributed by atoms with Crippen molar-refractivity contribution in [2.45, 2.75) is 19.4 Å². The van der Waals surface area contributed by atoms with Crippen molar-refractivity contribution >= 4 is 23.3 Å². The number of carbonyl (C=O) groups is 1. The molecule has 0 heterocycles. The molecule has 0 aromatic heterocycles. The molecule has 1 unspecified atom stereocenters. The fourth-order valence-electron chi connectivity index (χ4n) is 1.42. The Balaban J connectivity index is 2.65. The largest absolute Gasteiger partial charge is 0.495 e. The quantitative estimate of drug-likeness (QED) is 0.824. The van der Waals surface area contributed by atoms with Crippen LogP contribution in [0.15, 0.2) is 18.2 Å². The Labute approximate surface area is 106 Å². The molecule has 0 bridgehead atoms. The number of esters is 1. The second-order valence-corrected chi connectivity index (χ2v) is 4.08. The highest BCUT2D eigenvalue weighted by molar-refractivity contribution is 6.32. The number of halogens is 1. The molecule has 1 aromatic carbocycles. The normalized spacial score (nSPS) is 11.8. The van der Waals surface area contributed by atoms with Crippen molar-refractivity contribution in [1.82, 2.24) is 0 Å². The van der Waals surface area contributed by atoms with Crippen LogP contribution in [0.3, 0.4) is 0 Å². The van der Waals surface area contributed by atoms with E-state index in [1.54, 1.807) is 19.2 Å². The minimum Gasteiger partial charge on any atom is -0.495 e. The first-order chi connectivity index (χ1) is 8.06. The Morgan fingerprint density at radius 1 is 1.47 bits per heavy atom. The number of rotatable bonds is 5. The van der Waals surface area contributed by atoms with Gasteiger partial charge in [-0.25, -0.2) is 0 Å². The molecule has 0 aliphatic carbocycles. The smallest absolute Gasteiger partial charge is 0.307 e. The van der Waals surface area contributed by atoms with Crippen molar-refractivity contribution in [2.75, 3.05) is 19.5 Å². The van der Waals surface area contributed by atoms with E-state index < -0.39 is 0 Å². The molecule has 5 heteroatoms. The Kier molecular flexibility index (Phi) is 5.10. The van der Waals surface area contributed by atoms with Crippen LogP contribution in [0.5, 0.6) is 5.75 Å². The van der Waals surface area contributed by atoms with Crippen LogP contribution < -0.4 is 10.1 Å². The number of methoxy groups -OCH3 is 2. The molecule has 4 nitrogen and oxygen atoms in total.